The summed E-state index contributed by atoms with van der Waals surface area (Å²) in [6, 6.07) is 8.35. The third-order valence-corrected chi connectivity index (χ3v) is 2.41. The van der Waals surface area contributed by atoms with Gasteiger partial charge in [-0.15, -0.1) is 0 Å². The lowest BCUT2D eigenvalue weighted by atomic mass is 10.0. The zero-order chi connectivity index (χ0) is 8.55. The second-order valence-electron chi connectivity index (χ2n) is 3.09. The van der Waals surface area contributed by atoms with Crippen LogP contribution in [0.2, 0.25) is 0 Å². The number of fused-ring (bicyclic) bond motifs is 1. The highest BCUT2D eigenvalue weighted by atomic mass is 15.2. The SMILES string of the molecule is CC1C(NN)=Cc2ccccc21. The van der Waals surface area contributed by atoms with E-state index in [1.165, 1.54) is 11.1 Å². The molecule has 0 saturated heterocycles. The van der Waals surface area contributed by atoms with Crippen LogP contribution in [-0.4, -0.2) is 0 Å². The lowest BCUT2D eigenvalue weighted by molar-refractivity contribution is 0.771. The van der Waals surface area contributed by atoms with Gasteiger partial charge in [-0.2, -0.15) is 0 Å². The maximum atomic E-state index is 5.39. The fourth-order valence-corrected chi connectivity index (χ4v) is 1.66. The van der Waals surface area contributed by atoms with E-state index >= 15 is 0 Å². The molecule has 0 saturated carbocycles. The molecule has 62 valence electrons. The van der Waals surface area contributed by atoms with Crippen molar-refractivity contribution in [2.24, 2.45) is 5.84 Å². The van der Waals surface area contributed by atoms with Gasteiger partial charge >= 0.3 is 0 Å². The smallest absolute Gasteiger partial charge is 0.0337 e. The molecule has 0 radical (unpaired) electrons. The molecule has 0 bridgehead atoms. The molecule has 2 rings (SSSR count). The Morgan fingerprint density at radius 3 is 2.75 bits per heavy atom. The van der Waals surface area contributed by atoms with E-state index in [-0.39, 0.29) is 0 Å². The molecule has 1 aromatic carbocycles. The van der Waals surface area contributed by atoms with Gasteiger partial charge in [-0.3, -0.25) is 5.84 Å². The molecule has 0 aliphatic heterocycles. The second-order valence-corrected chi connectivity index (χ2v) is 3.09. The minimum absolute atomic E-state index is 0.409. The Hall–Kier alpha value is -1.28. The normalized spacial score (nSPS) is 20.2. The van der Waals surface area contributed by atoms with Gasteiger partial charge in [0.25, 0.3) is 0 Å². The van der Waals surface area contributed by atoms with E-state index in [4.69, 9.17) is 5.84 Å². The van der Waals surface area contributed by atoms with Crippen LogP contribution in [0.25, 0.3) is 6.08 Å². The van der Waals surface area contributed by atoms with Crippen LogP contribution in [0.1, 0.15) is 24.0 Å². The molecule has 1 atom stereocenters. The van der Waals surface area contributed by atoms with E-state index in [1.54, 1.807) is 0 Å². The van der Waals surface area contributed by atoms with Crippen molar-refractivity contribution in [1.29, 1.82) is 0 Å². The summed E-state index contributed by atoms with van der Waals surface area (Å²) in [4.78, 5) is 0. The summed E-state index contributed by atoms with van der Waals surface area (Å²) >= 11 is 0. The highest BCUT2D eigenvalue weighted by molar-refractivity contribution is 5.65. The van der Waals surface area contributed by atoms with Crippen molar-refractivity contribution < 1.29 is 0 Å². The lowest BCUT2D eigenvalue weighted by Gasteiger charge is -2.09. The minimum Gasteiger partial charge on any atom is -0.328 e. The van der Waals surface area contributed by atoms with Gasteiger partial charge in [-0.25, -0.2) is 0 Å². The molecular formula is C10H12N2. The van der Waals surface area contributed by atoms with Crippen molar-refractivity contribution >= 4 is 6.08 Å². The fraction of sp³-hybridized carbons (Fsp3) is 0.200. The maximum Gasteiger partial charge on any atom is 0.0337 e. The highest BCUT2D eigenvalue weighted by Gasteiger charge is 2.19. The van der Waals surface area contributed by atoms with Crippen LogP contribution in [-0.2, 0) is 0 Å². The van der Waals surface area contributed by atoms with Gasteiger partial charge in [0.15, 0.2) is 0 Å². The predicted molar refractivity (Wildman–Crippen MR) is 50.2 cm³/mol. The molecule has 0 amide bonds. The van der Waals surface area contributed by atoms with E-state index in [9.17, 15) is 0 Å². The summed E-state index contributed by atoms with van der Waals surface area (Å²) in [6.45, 7) is 2.15. The fourth-order valence-electron chi connectivity index (χ4n) is 1.66. The summed E-state index contributed by atoms with van der Waals surface area (Å²) in [5.41, 5.74) is 6.44. The topological polar surface area (TPSA) is 38.0 Å². The first-order chi connectivity index (χ1) is 5.83. The van der Waals surface area contributed by atoms with E-state index in [0.29, 0.717) is 5.92 Å². The zero-order valence-corrected chi connectivity index (χ0v) is 7.04. The Morgan fingerprint density at radius 2 is 2.08 bits per heavy atom. The number of hydrogen-bond donors (Lipinski definition) is 2. The molecule has 0 heterocycles. The first-order valence-electron chi connectivity index (χ1n) is 4.10. The molecule has 0 fully saturated rings. The molecular weight excluding hydrogens is 148 g/mol. The van der Waals surface area contributed by atoms with E-state index < -0.39 is 0 Å². The van der Waals surface area contributed by atoms with Crippen LogP contribution in [0.3, 0.4) is 0 Å². The van der Waals surface area contributed by atoms with E-state index in [1.807, 2.05) is 6.07 Å². The van der Waals surface area contributed by atoms with Gasteiger partial charge < -0.3 is 5.43 Å². The maximum absolute atomic E-state index is 5.39. The Labute approximate surface area is 72.1 Å². The van der Waals surface area contributed by atoms with Crippen molar-refractivity contribution in [3.63, 3.8) is 0 Å². The molecule has 0 aromatic heterocycles. The summed E-state index contributed by atoms with van der Waals surface area (Å²) < 4.78 is 0. The first kappa shape index (κ1) is 7.37. The van der Waals surface area contributed by atoms with Gasteiger partial charge in [0, 0.05) is 11.6 Å². The number of nitrogens with two attached hydrogens (primary N) is 1. The van der Waals surface area contributed by atoms with Gasteiger partial charge in [0.1, 0.15) is 0 Å². The van der Waals surface area contributed by atoms with Crippen LogP contribution in [0.4, 0.5) is 0 Å². The third kappa shape index (κ3) is 0.924. The van der Waals surface area contributed by atoms with Crippen LogP contribution in [0, 0.1) is 0 Å². The highest BCUT2D eigenvalue weighted by Crippen LogP contribution is 2.33. The van der Waals surface area contributed by atoms with Crippen LogP contribution in [0.15, 0.2) is 30.0 Å². The van der Waals surface area contributed by atoms with Gasteiger partial charge in [-0.1, -0.05) is 31.2 Å². The second kappa shape index (κ2) is 2.64. The largest absolute Gasteiger partial charge is 0.328 e. The van der Waals surface area contributed by atoms with Crippen molar-refractivity contribution in [2.45, 2.75) is 12.8 Å². The summed E-state index contributed by atoms with van der Waals surface area (Å²) in [7, 11) is 0. The average molecular weight is 160 g/mol. The molecule has 1 aromatic rings. The lowest BCUT2D eigenvalue weighted by Crippen LogP contribution is -2.22. The Balaban J connectivity index is 2.47. The average Bonchev–Trinajstić information content (AvgIpc) is 2.44. The van der Waals surface area contributed by atoms with Crippen molar-refractivity contribution in [3.8, 4) is 0 Å². The first-order valence-corrected chi connectivity index (χ1v) is 4.10. The number of benzene rings is 1. The van der Waals surface area contributed by atoms with Gasteiger partial charge in [0.2, 0.25) is 0 Å². The summed E-state index contributed by atoms with van der Waals surface area (Å²) in [5, 5.41) is 0. The van der Waals surface area contributed by atoms with Crippen molar-refractivity contribution in [1.82, 2.24) is 5.43 Å². The molecule has 1 unspecified atom stereocenters. The zero-order valence-electron chi connectivity index (χ0n) is 7.04. The summed E-state index contributed by atoms with van der Waals surface area (Å²) in [5.74, 6) is 5.79. The van der Waals surface area contributed by atoms with Crippen molar-refractivity contribution in [3.05, 3.63) is 41.1 Å². The predicted octanol–water partition coefficient (Wildman–Crippen LogP) is 1.61. The number of rotatable bonds is 1. The molecule has 2 nitrogen and oxygen atoms in total. The van der Waals surface area contributed by atoms with Crippen LogP contribution >= 0.6 is 0 Å². The quantitative estimate of drug-likeness (QED) is 0.484. The number of hydrazine groups is 1. The van der Waals surface area contributed by atoms with Gasteiger partial charge in [-0.05, 0) is 17.2 Å². The molecule has 12 heavy (non-hydrogen) atoms. The van der Waals surface area contributed by atoms with E-state index in [2.05, 4.69) is 36.6 Å². The van der Waals surface area contributed by atoms with Crippen molar-refractivity contribution in [2.75, 3.05) is 0 Å². The standard InChI is InChI=1S/C10H12N2/c1-7-9-5-3-2-4-8(9)6-10(7)12-11/h2-7,12H,11H2,1H3. The molecule has 1 aliphatic carbocycles. The third-order valence-electron chi connectivity index (χ3n) is 2.41. The van der Waals surface area contributed by atoms with Crippen LogP contribution < -0.4 is 11.3 Å². The summed E-state index contributed by atoms with van der Waals surface area (Å²) in [6.07, 6.45) is 2.10. The monoisotopic (exact) mass is 160 g/mol. The van der Waals surface area contributed by atoms with Gasteiger partial charge in [0.05, 0.1) is 0 Å². The minimum atomic E-state index is 0.409. The Morgan fingerprint density at radius 1 is 1.33 bits per heavy atom. The Bertz CT molecular complexity index is 328. The molecule has 1 aliphatic rings. The number of nitrogens with one attached hydrogen (secondary N) is 1. The van der Waals surface area contributed by atoms with Crippen LogP contribution in [0.5, 0.6) is 0 Å². The number of hydrogen-bond acceptors (Lipinski definition) is 2. The molecule has 0 spiro atoms. The molecule has 3 N–H and O–H groups in total. The van der Waals surface area contributed by atoms with E-state index in [0.717, 1.165) is 5.70 Å². The molecule has 2 heteroatoms. The Kier molecular flexibility index (Phi) is 1.62. The number of allylic oxidation sites excluding steroid dienone is 1.